The lowest BCUT2D eigenvalue weighted by Gasteiger charge is -2.18. The van der Waals surface area contributed by atoms with E-state index in [0.717, 1.165) is 41.8 Å². The Morgan fingerprint density at radius 3 is 2.88 bits per heavy atom. The van der Waals surface area contributed by atoms with Gasteiger partial charge < -0.3 is 19.7 Å². The molecule has 6 nitrogen and oxygen atoms in total. The van der Waals surface area contributed by atoms with Crippen LogP contribution in [0.25, 0.3) is 0 Å². The molecular weight excluding hydrogens is 316 g/mol. The lowest BCUT2D eigenvalue weighted by atomic mass is 10.2. The zero-order valence-corrected chi connectivity index (χ0v) is 13.5. The Kier molecular flexibility index (Phi) is 3.19. The van der Waals surface area contributed by atoms with Gasteiger partial charge in [-0.1, -0.05) is 18.2 Å². The molecule has 1 N–H and O–H groups in total. The molecular formula is C19H16N4O2. The highest BCUT2D eigenvalue weighted by Gasteiger charge is 2.21. The highest BCUT2D eigenvalue weighted by molar-refractivity contribution is 5.70. The molecule has 0 unspecified atom stereocenters. The topological polar surface area (TPSA) is 59.5 Å². The van der Waals surface area contributed by atoms with E-state index in [-0.39, 0.29) is 6.79 Å². The molecule has 6 heteroatoms. The molecule has 0 bridgehead atoms. The van der Waals surface area contributed by atoms with E-state index < -0.39 is 0 Å². The maximum absolute atomic E-state index is 5.42. The molecule has 1 aromatic heterocycles. The monoisotopic (exact) mass is 332 g/mol. The van der Waals surface area contributed by atoms with E-state index in [2.05, 4.69) is 44.5 Å². The number of ether oxygens (including phenoxy) is 2. The predicted octanol–water partition coefficient (Wildman–Crippen LogP) is 3.64. The van der Waals surface area contributed by atoms with E-state index in [0.29, 0.717) is 0 Å². The van der Waals surface area contributed by atoms with Crippen LogP contribution < -0.4 is 19.7 Å². The van der Waals surface area contributed by atoms with Gasteiger partial charge in [-0.3, -0.25) is 0 Å². The van der Waals surface area contributed by atoms with Crippen LogP contribution in [-0.2, 0) is 6.42 Å². The third-order valence-electron chi connectivity index (χ3n) is 4.46. The third-order valence-corrected chi connectivity index (χ3v) is 4.46. The minimum Gasteiger partial charge on any atom is -0.454 e. The summed E-state index contributed by atoms with van der Waals surface area (Å²) in [6.45, 7) is 1.20. The standard InChI is InChI=1S/C19H16N4O2/c1-2-4-15-13(3-1)7-8-23(15)19-10-18(20-11-21-19)22-14-5-6-16-17(9-14)25-12-24-16/h1-6,9-11H,7-8,12H2,(H,20,21,22). The van der Waals surface area contributed by atoms with Gasteiger partial charge in [0.25, 0.3) is 0 Å². The van der Waals surface area contributed by atoms with Crippen LogP contribution in [0.5, 0.6) is 11.5 Å². The fourth-order valence-corrected chi connectivity index (χ4v) is 3.26. The van der Waals surface area contributed by atoms with Crippen LogP contribution in [0, 0.1) is 0 Å². The van der Waals surface area contributed by atoms with E-state index in [4.69, 9.17) is 9.47 Å². The van der Waals surface area contributed by atoms with Crippen molar-refractivity contribution >= 4 is 23.0 Å². The van der Waals surface area contributed by atoms with Crippen molar-refractivity contribution in [3.63, 3.8) is 0 Å². The van der Waals surface area contributed by atoms with Crippen molar-refractivity contribution in [3.05, 3.63) is 60.4 Å². The lowest BCUT2D eigenvalue weighted by molar-refractivity contribution is 0.174. The second-order valence-electron chi connectivity index (χ2n) is 5.98. The molecule has 0 amide bonds. The Bertz CT molecular complexity index is 944. The predicted molar refractivity (Wildman–Crippen MR) is 95.0 cm³/mol. The van der Waals surface area contributed by atoms with Gasteiger partial charge in [-0.25, -0.2) is 9.97 Å². The third kappa shape index (κ3) is 2.52. The average molecular weight is 332 g/mol. The first-order chi connectivity index (χ1) is 12.4. The number of aromatic nitrogens is 2. The summed E-state index contributed by atoms with van der Waals surface area (Å²) in [6.07, 6.45) is 2.62. The van der Waals surface area contributed by atoms with Crippen molar-refractivity contribution in [2.45, 2.75) is 6.42 Å². The van der Waals surface area contributed by atoms with Crippen molar-refractivity contribution in [1.29, 1.82) is 0 Å². The van der Waals surface area contributed by atoms with Crippen molar-refractivity contribution in [3.8, 4) is 11.5 Å². The van der Waals surface area contributed by atoms with E-state index >= 15 is 0 Å². The van der Waals surface area contributed by atoms with E-state index in [1.54, 1.807) is 6.33 Å². The Balaban J connectivity index is 1.42. The van der Waals surface area contributed by atoms with Gasteiger partial charge in [-0.15, -0.1) is 0 Å². The Hall–Kier alpha value is -3.28. The number of fused-ring (bicyclic) bond motifs is 2. The van der Waals surface area contributed by atoms with Crippen LogP contribution in [0.2, 0.25) is 0 Å². The maximum atomic E-state index is 5.42. The van der Waals surface area contributed by atoms with Crippen LogP contribution in [-0.4, -0.2) is 23.3 Å². The zero-order valence-electron chi connectivity index (χ0n) is 13.5. The molecule has 2 aliphatic heterocycles. The lowest BCUT2D eigenvalue weighted by Crippen LogP contribution is -2.15. The number of anilines is 4. The highest BCUT2D eigenvalue weighted by Crippen LogP contribution is 2.36. The first-order valence-corrected chi connectivity index (χ1v) is 8.21. The van der Waals surface area contributed by atoms with Gasteiger partial charge in [0.05, 0.1) is 0 Å². The summed E-state index contributed by atoms with van der Waals surface area (Å²) in [7, 11) is 0. The maximum Gasteiger partial charge on any atom is 0.231 e. The van der Waals surface area contributed by atoms with Gasteiger partial charge >= 0.3 is 0 Å². The molecule has 0 saturated carbocycles. The quantitative estimate of drug-likeness (QED) is 0.790. The normalized spacial score (nSPS) is 14.5. The molecule has 0 aliphatic carbocycles. The van der Waals surface area contributed by atoms with Gasteiger partial charge in [0, 0.05) is 30.1 Å². The van der Waals surface area contributed by atoms with Crippen molar-refractivity contribution in [2.75, 3.05) is 23.6 Å². The second-order valence-corrected chi connectivity index (χ2v) is 5.98. The summed E-state index contributed by atoms with van der Waals surface area (Å²) >= 11 is 0. The highest BCUT2D eigenvalue weighted by atomic mass is 16.7. The van der Waals surface area contributed by atoms with Gasteiger partial charge in [0.15, 0.2) is 11.5 Å². The Labute approximate surface area is 145 Å². The number of para-hydroxylation sites is 1. The number of rotatable bonds is 3. The van der Waals surface area contributed by atoms with E-state index in [1.165, 1.54) is 11.3 Å². The van der Waals surface area contributed by atoms with Crippen molar-refractivity contribution in [1.82, 2.24) is 9.97 Å². The fourth-order valence-electron chi connectivity index (χ4n) is 3.26. The van der Waals surface area contributed by atoms with E-state index in [9.17, 15) is 0 Å². The average Bonchev–Trinajstić information content (AvgIpc) is 3.28. The van der Waals surface area contributed by atoms with Gasteiger partial charge in [0.1, 0.15) is 18.0 Å². The number of benzene rings is 2. The summed E-state index contributed by atoms with van der Waals surface area (Å²) in [6, 6.07) is 16.2. The number of nitrogens with one attached hydrogen (secondary N) is 1. The molecule has 3 aromatic rings. The minimum atomic E-state index is 0.269. The summed E-state index contributed by atoms with van der Waals surface area (Å²) in [5, 5.41) is 3.31. The Morgan fingerprint density at radius 1 is 0.960 bits per heavy atom. The first-order valence-electron chi connectivity index (χ1n) is 8.21. The van der Waals surface area contributed by atoms with Crippen molar-refractivity contribution < 1.29 is 9.47 Å². The molecule has 0 atom stereocenters. The number of hydrogen-bond acceptors (Lipinski definition) is 6. The molecule has 0 fully saturated rings. The van der Waals surface area contributed by atoms with Crippen LogP contribution in [0.4, 0.5) is 23.0 Å². The Morgan fingerprint density at radius 2 is 1.88 bits per heavy atom. The summed E-state index contributed by atoms with van der Waals surface area (Å²) in [4.78, 5) is 11.0. The number of hydrogen-bond donors (Lipinski definition) is 1. The van der Waals surface area contributed by atoms with E-state index in [1.807, 2.05) is 24.3 Å². The zero-order chi connectivity index (χ0) is 16.6. The summed E-state index contributed by atoms with van der Waals surface area (Å²) in [5.41, 5.74) is 3.47. The van der Waals surface area contributed by atoms with Crippen LogP contribution >= 0.6 is 0 Å². The molecule has 3 heterocycles. The summed E-state index contributed by atoms with van der Waals surface area (Å²) in [5.74, 6) is 3.15. The molecule has 2 aliphatic rings. The first kappa shape index (κ1) is 14.1. The molecule has 0 radical (unpaired) electrons. The summed E-state index contributed by atoms with van der Waals surface area (Å²) < 4.78 is 10.8. The van der Waals surface area contributed by atoms with Crippen LogP contribution in [0.1, 0.15) is 5.56 Å². The van der Waals surface area contributed by atoms with Crippen molar-refractivity contribution in [2.24, 2.45) is 0 Å². The molecule has 25 heavy (non-hydrogen) atoms. The molecule has 0 saturated heterocycles. The van der Waals surface area contributed by atoms with Gasteiger partial charge in [0.2, 0.25) is 6.79 Å². The van der Waals surface area contributed by atoms with Crippen LogP contribution in [0.15, 0.2) is 54.9 Å². The van der Waals surface area contributed by atoms with Crippen LogP contribution in [0.3, 0.4) is 0 Å². The van der Waals surface area contributed by atoms with Gasteiger partial charge in [-0.05, 0) is 30.2 Å². The minimum absolute atomic E-state index is 0.269. The molecule has 124 valence electrons. The smallest absolute Gasteiger partial charge is 0.231 e. The molecule has 0 spiro atoms. The molecule has 5 rings (SSSR count). The fraction of sp³-hybridized carbons (Fsp3) is 0.158. The second kappa shape index (κ2) is 5.66. The SMILES string of the molecule is c1ccc2c(c1)CCN2c1cc(Nc2ccc3c(c2)OCO3)ncn1. The number of nitrogens with zero attached hydrogens (tertiary/aromatic N) is 3. The largest absolute Gasteiger partial charge is 0.454 e. The van der Waals surface area contributed by atoms with Gasteiger partial charge in [-0.2, -0.15) is 0 Å². The molecule has 2 aromatic carbocycles.